The summed E-state index contributed by atoms with van der Waals surface area (Å²) < 4.78 is 1.65. The van der Waals surface area contributed by atoms with Gasteiger partial charge in [-0.3, -0.25) is 4.98 Å². The van der Waals surface area contributed by atoms with Gasteiger partial charge in [0, 0.05) is 12.4 Å². The molecule has 4 nitrogen and oxygen atoms in total. The van der Waals surface area contributed by atoms with Gasteiger partial charge < -0.3 is 0 Å². The Morgan fingerprint density at radius 1 is 1.12 bits per heavy atom. The van der Waals surface area contributed by atoms with Gasteiger partial charge >= 0.3 is 0 Å². The lowest BCUT2D eigenvalue weighted by Crippen LogP contribution is -1.87. The highest BCUT2D eigenvalue weighted by Gasteiger charge is 2.06. The van der Waals surface area contributed by atoms with Crippen molar-refractivity contribution in [2.45, 2.75) is 0 Å². The van der Waals surface area contributed by atoms with E-state index in [-0.39, 0.29) is 0 Å². The van der Waals surface area contributed by atoms with Gasteiger partial charge in [0.2, 0.25) is 5.82 Å². The van der Waals surface area contributed by atoms with E-state index in [9.17, 15) is 0 Å². The Bertz CT molecular complexity index is 633. The Morgan fingerprint density at radius 3 is 2.88 bits per heavy atom. The molecule has 0 amide bonds. The van der Waals surface area contributed by atoms with Crippen LogP contribution in [0.1, 0.15) is 0 Å². The maximum absolute atomic E-state index is 5.87. The predicted octanol–water partition coefficient (Wildman–Crippen LogP) is 2.44. The van der Waals surface area contributed by atoms with Crippen LogP contribution in [0, 0.1) is 0 Å². The average Bonchev–Trinajstić information content (AvgIpc) is 2.73. The highest BCUT2D eigenvalue weighted by Crippen LogP contribution is 2.15. The summed E-state index contributed by atoms with van der Waals surface area (Å²) in [5, 5.41) is 4.93. The summed E-state index contributed by atoms with van der Waals surface area (Å²) in [5.41, 5.74) is 1.51. The van der Waals surface area contributed by atoms with Crippen molar-refractivity contribution in [2.24, 2.45) is 0 Å². The number of nitrogens with zero attached hydrogens (tertiary/aromatic N) is 4. The summed E-state index contributed by atoms with van der Waals surface area (Å²) in [4.78, 5) is 8.55. The molecule has 0 atom stereocenters. The molecule has 16 heavy (non-hydrogen) atoms. The van der Waals surface area contributed by atoms with E-state index in [1.807, 2.05) is 24.3 Å². The first kappa shape index (κ1) is 9.30. The summed E-state index contributed by atoms with van der Waals surface area (Å²) in [6, 6.07) is 9.24. The van der Waals surface area contributed by atoms with Crippen molar-refractivity contribution >= 4 is 17.2 Å². The molecule has 3 heterocycles. The molecule has 0 unspecified atom stereocenters. The van der Waals surface area contributed by atoms with Gasteiger partial charge in [0.25, 0.3) is 0 Å². The lowest BCUT2D eigenvalue weighted by Gasteiger charge is -1.90. The van der Waals surface area contributed by atoms with Crippen LogP contribution in [0.25, 0.3) is 17.2 Å². The fourth-order valence-electron chi connectivity index (χ4n) is 1.46. The van der Waals surface area contributed by atoms with Crippen molar-refractivity contribution in [2.75, 3.05) is 0 Å². The zero-order valence-corrected chi connectivity index (χ0v) is 8.96. The third-order valence-electron chi connectivity index (χ3n) is 2.19. The topological polar surface area (TPSA) is 43.1 Å². The highest BCUT2D eigenvalue weighted by atomic mass is 35.5. The summed E-state index contributed by atoms with van der Waals surface area (Å²) in [5.74, 6) is 0.600. The largest absolute Gasteiger partial charge is 0.253 e. The molecule has 5 heteroatoms. The van der Waals surface area contributed by atoms with Crippen molar-refractivity contribution in [3.8, 4) is 11.5 Å². The normalized spacial score (nSPS) is 10.8. The quantitative estimate of drug-likeness (QED) is 0.645. The molecule has 0 aliphatic rings. The second kappa shape index (κ2) is 3.57. The van der Waals surface area contributed by atoms with E-state index in [0.717, 1.165) is 11.3 Å². The SMILES string of the molecule is Clc1ccc2nc(-c3ccccn3)nn2c1. The minimum Gasteiger partial charge on any atom is -0.253 e. The third-order valence-corrected chi connectivity index (χ3v) is 2.41. The number of aromatic nitrogens is 4. The van der Waals surface area contributed by atoms with Crippen molar-refractivity contribution in [1.29, 1.82) is 0 Å². The van der Waals surface area contributed by atoms with Crippen LogP contribution in [0.15, 0.2) is 42.7 Å². The fraction of sp³-hybridized carbons (Fsp3) is 0. The summed E-state index contributed by atoms with van der Waals surface area (Å²) >= 11 is 5.87. The Labute approximate surface area is 96.5 Å². The number of hydrogen-bond acceptors (Lipinski definition) is 3. The third kappa shape index (κ3) is 1.53. The molecule has 3 aromatic heterocycles. The molecule has 0 saturated carbocycles. The van der Waals surface area contributed by atoms with Crippen molar-refractivity contribution in [3.05, 3.63) is 47.7 Å². The minimum absolute atomic E-state index is 0.600. The lowest BCUT2D eigenvalue weighted by molar-refractivity contribution is 0.962. The Hall–Kier alpha value is -1.94. The van der Waals surface area contributed by atoms with E-state index in [1.165, 1.54) is 0 Å². The predicted molar refractivity (Wildman–Crippen MR) is 61.2 cm³/mol. The monoisotopic (exact) mass is 230 g/mol. The van der Waals surface area contributed by atoms with Gasteiger partial charge in [0.15, 0.2) is 5.65 Å². The first-order valence-corrected chi connectivity index (χ1v) is 5.14. The maximum Gasteiger partial charge on any atom is 0.200 e. The molecule has 0 radical (unpaired) electrons. The molecular weight excluding hydrogens is 224 g/mol. The molecule has 0 saturated heterocycles. The van der Waals surface area contributed by atoms with Gasteiger partial charge in [-0.1, -0.05) is 17.7 Å². The van der Waals surface area contributed by atoms with Gasteiger partial charge in [-0.2, -0.15) is 0 Å². The number of hydrogen-bond donors (Lipinski definition) is 0. The molecule has 0 spiro atoms. The van der Waals surface area contributed by atoms with E-state index >= 15 is 0 Å². The highest BCUT2D eigenvalue weighted by molar-refractivity contribution is 6.30. The molecule has 0 N–H and O–H groups in total. The van der Waals surface area contributed by atoms with Gasteiger partial charge in [-0.15, -0.1) is 5.10 Å². The maximum atomic E-state index is 5.87. The molecule has 3 aromatic rings. The smallest absolute Gasteiger partial charge is 0.200 e. The van der Waals surface area contributed by atoms with Gasteiger partial charge in [-0.05, 0) is 24.3 Å². The second-order valence-corrected chi connectivity index (χ2v) is 3.74. The molecule has 78 valence electrons. The fourth-order valence-corrected chi connectivity index (χ4v) is 1.62. The van der Waals surface area contributed by atoms with E-state index in [2.05, 4.69) is 15.1 Å². The van der Waals surface area contributed by atoms with Crippen LogP contribution in [-0.4, -0.2) is 19.6 Å². The van der Waals surface area contributed by atoms with Gasteiger partial charge in [-0.25, -0.2) is 9.50 Å². The van der Waals surface area contributed by atoms with Crippen LogP contribution in [0.4, 0.5) is 0 Å². The van der Waals surface area contributed by atoms with Crippen molar-refractivity contribution in [1.82, 2.24) is 19.6 Å². The van der Waals surface area contributed by atoms with Crippen LogP contribution in [0.3, 0.4) is 0 Å². The molecule has 0 bridgehead atoms. The van der Waals surface area contributed by atoms with Crippen LogP contribution in [-0.2, 0) is 0 Å². The Balaban J connectivity index is 2.19. The zero-order valence-electron chi connectivity index (χ0n) is 8.21. The van der Waals surface area contributed by atoms with Crippen molar-refractivity contribution in [3.63, 3.8) is 0 Å². The number of pyridine rings is 2. The second-order valence-electron chi connectivity index (χ2n) is 3.30. The van der Waals surface area contributed by atoms with Crippen LogP contribution in [0.5, 0.6) is 0 Å². The van der Waals surface area contributed by atoms with Crippen LogP contribution < -0.4 is 0 Å². The van der Waals surface area contributed by atoms with E-state index < -0.39 is 0 Å². The average molecular weight is 231 g/mol. The van der Waals surface area contributed by atoms with Crippen LogP contribution in [0.2, 0.25) is 5.02 Å². The molecule has 0 aliphatic heterocycles. The summed E-state index contributed by atoms with van der Waals surface area (Å²) in [6.45, 7) is 0. The Kier molecular flexibility index (Phi) is 2.08. The standard InChI is InChI=1S/C11H7ClN4/c12-8-4-5-10-14-11(15-16(10)7-8)9-3-1-2-6-13-9/h1-7H. The summed E-state index contributed by atoms with van der Waals surface area (Å²) in [6.07, 6.45) is 3.43. The first-order chi connectivity index (χ1) is 7.83. The van der Waals surface area contributed by atoms with Gasteiger partial charge in [0.05, 0.1) is 5.02 Å². The lowest BCUT2D eigenvalue weighted by atomic mass is 10.3. The zero-order chi connectivity index (χ0) is 11.0. The van der Waals surface area contributed by atoms with E-state index in [0.29, 0.717) is 10.8 Å². The van der Waals surface area contributed by atoms with E-state index in [4.69, 9.17) is 11.6 Å². The minimum atomic E-state index is 0.600. The van der Waals surface area contributed by atoms with Crippen molar-refractivity contribution < 1.29 is 0 Å². The first-order valence-electron chi connectivity index (χ1n) is 4.76. The Morgan fingerprint density at radius 2 is 2.06 bits per heavy atom. The molecule has 0 aliphatic carbocycles. The number of fused-ring (bicyclic) bond motifs is 1. The van der Waals surface area contributed by atoms with Gasteiger partial charge in [0.1, 0.15) is 5.69 Å². The summed E-state index contributed by atoms with van der Waals surface area (Å²) in [7, 11) is 0. The van der Waals surface area contributed by atoms with Crippen LogP contribution >= 0.6 is 11.6 Å². The molecule has 3 rings (SSSR count). The van der Waals surface area contributed by atoms with E-state index in [1.54, 1.807) is 23.0 Å². The number of halogens is 1. The molecular formula is C11H7ClN4. The molecule has 0 fully saturated rings. The number of rotatable bonds is 1. The molecule has 0 aromatic carbocycles.